The van der Waals surface area contributed by atoms with E-state index in [9.17, 15) is 4.39 Å². The zero-order chi connectivity index (χ0) is 10.8. The minimum absolute atomic E-state index is 0.174. The first kappa shape index (κ1) is 11.4. The van der Waals surface area contributed by atoms with Crippen LogP contribution in [0, 0.1) is 5.82 Å². The molecule has 0 amide bonds. The van der Waals surface area contributed by atoms with E-state index in [1.54, 1.807) is 6.07 Å². The lowest BCUT2D eigenvalue weighted by Gasteiger charge is -2.23. The molecular weight excluding hydrogens is 280 g/mol. The van der Waals surface area contributed by atoms with Gasteiger partial charge in [-0.05, 0) is 65.5 Å². The Hall–Kier alpha value is -0.120. The van der Waals surface area contributed by atoms with Gasteiger partial charge in [0, 0.05) is 4.47 Å². The van der Waals surface area contributed by atoms with Crippen LogP contribution >= 0.6 is 27.5 Å². The second kappa shape index (κ2) is 4.81. The number of nitrogens with one attached hydrogen (secondary N) is 1. The molecule has 4 heteroatoms. The van der Waals surface area contributed by atoms with Gasteiger partial charge in [-0.25, -0.2) is 4.39 Å². The molecule has 1 aromatic carbocycles. The van der Waals surface area contributed by atoms with Crippen molar-refractivity contribution in [2.45, 2.75) is 18.8 Å². The molecule has 0 saturated carbocycles. The van der Waals surface area contributed by atoms with E-state index >= 15 is 0 Å². The molecule has 15 heavy (non-hydrogen) atoms. The highest BCUT2D eigenvalue weighted by atomic mass is 79.9. The van der Waals surface area contributed by atoms with Crippen LogP contribution in [0.4, 0.5) is 4.39 Å². The van der Waals surface area contributed by atoms with Crippen LogP contribution < -0.4 is 5.32 Å². The number of benzene rings is 1. The van der Waals surface area contributed by atoms with Gasteiger partial charge in [0.05, 0.1) is 5.02 Å². The molecule has 0 spiro atoms. The highest BCUT2D eigenvalue weighted by Gasteiger charge is 2.17. The summed E-state index contributed by atoms with van der Waals surface area (Å²) in [6.45, 7) is 2.01. The number of rotatable bonds is 1. The van der Waals surface area contributed by atoms with Gasteiger partial charge in [0.2, 0.25) is 0 Å². The summed E-state index contributed by atoms with van der Waals surface area (Å²) in [5.74, 6) is 0.119. The lowest BCUT2D eigenvalue weighted by Crippen LogP contribution is -2.26. The van der Waals surface area contributed by atoms with Crippen molar-refractivity contribution < 1.29 is 4.39 Å². The molecule has 2 rings (SSSR count). The minimum atomic E-state index is -0.334. The summed E-state index contributed by atoms with van der Waals surface area (Å²) in [4.78, 5) is 0. The van der Waals surface area contributed by atoms with Gasteiger partial charge in [0.15, 0.2) is 0 Å². The largest absolute Gasteiger partial charge is 0.317 e. The van der Waals surface area contributed by atoms with Gasteiger partial charge in [-0.1, -0.05) is 11.6 Å². The molecule has 1 aliphatic rings. The average Bonchev–Trinajstić information content (AvgIpc) is 2.26. The summed E-state index contributed by atoms with van der Waals surface area (Å²) in [5.41, 5.74) is 1.05. The van der Waals surface area contributed by atoms with Crippen molar-refractivity contribution >= 4 is 27.5 Å². The Morgan fingerprint density at radius 3 is 2.60 bits per heavy atom. The van der Waals surface area contributed by atoms with Gasteiger partial charge in [0.25, 0.3) is 0 Å². The van der Waals surface area contributed by atoms with Crippen LogP contribution in [0.25, 0.3) is 0 Å². The van der Waals surface area contributed by atoms with Crippen molar-refractivity contribution in [3.63, 3.8) is 0 Å². The lowest BCUT2D eigenvalue weighted by atomic mass is 9.90. The Morgan fingerprint density at radius 2 is 2.00 bits per heavy atom. The molecule has 1 nitrogen and oxygen atoms in total. The summed E-state index contributed by atoms with van der Waals surface area (Å²) in [5, 5.41) is 3.47. The quantitative estimate of drug-likeness (QED) is 0.778. The Bertz CT molecular complexity index is 341. The molecule has 82 valence electrons. The third-order valence-corrected chi connectivity index (χ3v) is 4.05. The fraction of sp³-hybridized carbons (Fsp3) is 0.455. The molecule has 0 atom stereocenters. The number of halogens is 3. The number of piperidine rings is 1. The van der Waals surface area contributed by atoms with E-state index in [1.165, 1.54) is 0 Å². The average molecular weight is 293 g/mol. The van der Waals surface area contributed by atoms with E-state index in [0.717, 1.165) is 31.5 Å². The third-order valence-electron chi connectivity index (χ3n) is 2.82. The molecule has 0 aliphatic carbocycles. The van der Waals surface area contributed by atoms with Gasteiger partial charge < -0.3 is 5.32 Å². The second-order valence-electron chi connectivity index (χ2n) is 3.82. The van der Waals surface area contributed by atoms with Crippen LogP contribution in [0.15, 0.2) is 16.6 Å². The van der Waals surface area contributed by atoms with E-state index in [2.05, 4.69) is 21.2 Å². The van der Waals surface area contributed by atoms with E-state index in [1.807, 2.05) is 6.07 Å². The molecule has 1 N–H and O–H groups in total. The summed E-state index contributed by atoms with van der Waals surface area (Å²) in [7, 11) is 0. The molecule has 1 fully saturated rings. The summed E-state index contributed by atoms with van der Waals surface area (Å²) in [6, 6.07) is 3.49. The fourth-order valence-corrected chi connectivity index (χ4v) is 2.53. The Morgan fingerprint density at radius 1 is 1.33 bits per heavy atom. The van der Waals surface area contributed by atoms with Crippen LogP contribution in [0.2, 0.25) is 5.02 Å². The van der Waals surface area contributed by atoms with E-state index in [4.69, 9.17) is 11.6 Å². The maximum Gasteiger partial charge on any atom is 0.143 e. The molecule has 0 radical (unpaired) electrons. The van der Waals surface area contributed by atoms with Crippen molar-refractivity contribution in [2.24, 2.45) is 0 Å². The fourth-order valence-electron chi connectivity index (χ4n) is 1.97. The predicted molar refractivity (Wildman–Crippen MR) is 64.0 cm³/mol. The molecule has 1 saturated heterocycles. The van der Waals surface area contributed by atoms with Gasteiger partial charge in [-0.3, -0.25) is 0 Å². The number of hydrogen-bond acceptors (Lipinski definition) is 1. The first-order valence-corrected chi connectivity index (χ1v) is 6.20. The Balaban J connectivity index is 2.27. The molecule has 0 unspecified atom stereocenters. The van der Waals surface area contributed by atoms with Gasteiger partial charge in [0.1, 0.15) is 5.82 Å². The van der Waals surface area contributed by atoms with Crippen molar-refractivity contribution in [3.8, 4) is 0 Å². The van der Waals surface area contributed by atoms with E-state index in [-0.39, 0.29) is 10.8 Å². The maximum atomic E-state index is 13.4. The zero-order valence-corrected chi connectivity index (χ0v) is 10.5. The van der Waals surface area contributed by atoms with Crippen LogP contribution in [0.3, 0.4) is 0 Å². The summed E-state index contributed by atoms with van der Waals surface area (Å²) in [6.07, 6.45) is 2.13. The standard InChI is InChI=1S/C11H12BrClFN/c12-9-5-8(6-10(14)11(9)13)7-1-3-15-4-2-7/h5-7,15H,1-4H2. The van der Waals surface area contributed by atoms with Crippen molar-refractivity contribution in [2.75, 3.05) is 13.1 Å². The molecule has 1 aliphatic heterocycles. The molecule has 0 aromatic heterocycles. The maximum absolute atomic E-state index is 13.4. The molecule has 1 aromatic rings. The van der Waals surface area contributed by atoms with Gasteiger partial charge >= 0.3 is 0 Å². The second-order valence-corrected chi connectivity index (χ2v) is 5.06. The van der Waals surface area contributed by atoms with E-state index in [0.29, 0.717) is 10.4 Å². The van der Waals surface area contributed by atoms with Crippen molar-refractivity contribution in [1.29, 1.82) is 0 Å². The minimum Gasteiger partial charge on any atom is -0.317 e. The summed E-state index contributed by atoms with van der Waals surface area (Å²) < 4.78 is 14.1. The van der Waals surface area contributed by atoms with Gasteiger partial charge in [-0.2, -0.15) is 0 Å². The lowest BCUT2D eigenvalue weighted by molar-refractivity contribution is 0.458. The predicted octanol–water partition coefficient (Wildman–Crippen LogP) is 3.71. The molecular formula is C11H12BrClFN. The van der Waals surface area contributed by atoms with Crippen LogP contribution in [-0.2, 0) is 0 Å². The van der Waals surface area contributed by atoms with E-state index < -0.39 is 0 Å². The zero-order valence-electron chi connectivity index (χ0n) is 8.19. The van der Waals surface area contributed by atoms with Crippen LogP contribution in [0.1, 0.15) is 24.3 Å². The third kappa shape index (κ3) is 2.52. The highest BCUT2D eigenvalue weighted by Crippen LogP contribution is 2.32. The Kier molecular flexibility index (Phi) is 3.65. The first-order valence-electron chi connectivity index (χ1n) is 5.03. The topological polar surface area (TPSA) is 12.0 Å². The highest BCUT2D eigenvalue weighted by molar-refractivity contribution is 9.10. The number of hydrogen-bond donors (Lipinski definition) is 1. The monoisotopic (exact) mass is 291 g/mol. The smallest absolute Gasteiger partial charge is 0.143 e. The SMILES string of the molecule is Fc1cc(C2CCNCC2)cc(Br)c1Cl. The van der Waals surface area contributed by atoms with Crippen molar-refractivity contribution in [3.05, 3.63) is 33.0 Å². The first-order chi connectivity index (χ1) is 7.18. The van der Waals surface area contributed by atoms with Crippen LogP contribution in [0.5, 0.6) is 0 Å². The van der Waals surface area contributed by atoms with Crippen molar-refractivity contribution in [1.82, 2.24) is 5.32 Å². The normalized spacial score (nSPS) is 18.1. The van der Waals surface area contributed by atoms with Crippen LogP contribution in [-0.4, -0.2) is 13.1 Å². The molecule has 1 heterocycles. The molecule has 0 bridgehead atoms. The Labute approximate surface area is 102 Å². The summed E-state index contributed by atoms with van der Waals surface area (Å²) >= 11 is 9.03. The van der Waals surface area contributed by atoms with Gasteiger partial charge in [-0.15, -0.1) is 0 Å².